The Morgan fingerprint density at radius 1 is 0.263 bits per heavy atom. The SMILES string of the molecule is c1ccc(-c2ccc(N(c3ccc(-c4cccc5c4oc4ccccc45)cc3)c3cccc(-c4cccc(N(c5ccccc5)c5ccccc5)c4)c3)cc2)cc1. The number of fused-ring (bicyclic) bond motifs is 3. The third kappa shape index (κ3) is 6.62. The van der Waals surface area contributed by atoms with Crippen molar-refractivity contribution in [1.29, 1.82) is 0 Å². The van der Waals surface area contributed by atoms with Crippen LogP contribution < -0.4 is 9.80 Å². The Labute approximate surface area is 333 Å². The summed E-state index contributed by atoms with van der Waals surface area (Å²) in [7, 11) is 0. The van der Waals surface area contributed by atoms with E-state index in [1.54, 1.807) is 0 Å². The van der Waals surface area contributed by atoms with Crippen LogP contribution in [0.1, 0.15) is 0 Å². The molecular weight excluding hydrogens is 693 g/mol. The van der Waals surface area contributed by atoms with Crippen molar-refractivity contribution >= 4 is 56.1 Å². The maximum Gasteiger partial charge on any atom is 0.143 e. The number of anilines is 6. The first-order valence-electron chi connectivity index (χ1n) is 19.3. The van der Waals surface area contributed by atoms with Gasteiger partial charge in [-0.05, 0) is 107 Å². The van der Waals surface area contributed by atoms with Gasteiger partial charge in [0.1, 0.15) is 11.2 Å². The van der Waals surface area contributed by atoms with Gasteiger partial charge in [-0.3, -0.25) is 0 Å². The zero-order valence-electron chi connectivity index (χ0n) is 31.2. The highest BCUT2D eigenvalue weighted by Crippen LogP contribution is 2.41. The molecule has 0 aliphatic heterocycles. The summed E-state index contributed by atoms with van der Waals surface area (Å²) in [5, 5.41) is 2.26. The molecule has 0 N–H and O–H groups in total. The third-order valence-electron chi connectivity index (χ3n) is 10.6. The molecule has 1 aromatic heterocycles. The van der Waals surface area contributed by atoms with Gasteiger partial charge < -0.3 is 14.2 Å². The number of para-hydroxylation sites is 4. The molecule has 57 heavy (non-hydrogen) atoms. The van der Waals surface area contributed by atoms with E-state index in [1.807, 2.05) is 12.1 Å². The van der Waals surface area contributed by atoms with Gasteiger partial charge in [-0.2, -0.15) is 0 Å². The minimum atomic E-state index is 0.903. The predicted molar refractivity (Wildman–Crippen MR) is 239 cm³/mol. The lowest BCUT2D eigenvalue weighted by Crippen LogP contribution is -2.10. The van der Waals surface area contributed by atoms with E-state index < -0.39 is 0 Å². The second-order valence-corrected chi connectivity index (χ2v) is 14.2. The number of rotatable bonds is 9. The van der Waals surface area contributed by atoms with Crippen molar-refractivity contribution in [2.45, 2.75) is 0 Å². The van der Waals surface area contributed by atoms with Gasteiger partial charge in [0.25, 0.3) is 0 Å². The molecule has 0 fully saturated rings. The zero-order chi connectivity index (χ0) is 38.0. The molecule has 3 heteroatoms. The van der Waals surface area contributed by atoms with Gasteiger partial charge in [0.05, 0.1) is 0 Å². The van der Waals surface area contributed by atoms with Crippen molar-refractivity contribution in [3.8, 4) is 33.4 Å². The zero-order valence-corrected chi connectivity index (χ0v) is 31.2. The van der Waals surface area contributed by atoms with E-state index in [1.165, 1.54) is 11.1 Å². The molecule has 10 aromatic rings. The Morgan fingerprint density at radius 2 is 0.667 bits per heavy atom. The van der Waals surface area contributed by atoms with Gasteiger partial charge in [0, 0.05) is 50.5 Å². The number of hydrogen-bond donors (Lipinski definition) is 0. The van der Waals surface area contributed by atoms with Crippen LogP contribution in [-0.2, 0) is 0 Å². The maximum atomic E-state index is 6.42. The fourth-order valence-electron chi connectivity index (χ4n) is 7.90. The van der Waals surface area contributed by atoms with Crippen LogP contribution in [0.4, 0.5) is 34.1 Å². The van der Waals surface area contributed by atoms with Gasteiger partial charge >= 0.3 is 0 Å². The Hall–Kier alpha value is -7.62. The summed E-state index contributed by atoms with van der Waals surface area (Å²) in [5.74, 6) is 0. The van der Waals surface area contributed by atoms with Crippen LogP contribution in [0.15, 0.2) is 235 Å². The van der Waals surface area contributed by atoms with E-state index >= 15 is 0 Å². The van der Waals surface area contributed by atoms with Crippen LogP contribution in [0.3, 0.4) is 0 Å². The van der Waals surface area contributed by atoms with Crippen molar-refractivity contribution in [3.05, 3.63) is 231 Å². The molecule has 0 bridgehead atoms. The Balaban J connectivity index is 1.05. The molecule has 0 saturated heterocycles. The summed E-state index contributed by atoms with van der Waals surface area (Å²) in [6.45, 7) is 0. The van der Waals surface area contributed by atoms with Crippen LogP contribution in [0, 0.1) is 0 Å². The van der Waals surface area contributed by atoms with Gasteiger partial charge in [-0.1, -0.05) is 152 Å². The van der Waals surface area contributed by atoms with Crippen molar-refractivity contribution in [2.75, 3.05) is 9.80 Å². The fourth-order valence-corrected chi connectivity index (χ4v) is 7.90. The summed E-state index contributed by atoms with van der Waals surface area (Å²) in [4.78, 5) is 4.65. The molecule has 0 unspecified atom stereocenters. The number of nitrogens with zero attached hydrogens (tertiary/aromatic N) is 2. The van der Waals surface area contributed by atoms with E-state index in [4.69, 9.17) is 4.42 Å². The number of furan rings is 1. The highest BCUT2D eigenvalue weighted by Gasteiger charge is 2.17. The summed E-state index contributed by atoms with van der Waals surface area (Å²) < 4.78 is 6.42. The molecule has 0 amide bonds. The number of benzene rings is 9. The van der Waals surface area contributed by atoms with Gasteiger partial charge in [0.15, 0.2) is 0 Å². The minimum Gasteiger partial charge on any atom is -0.455 e. The first-order valence-corrected chi connectivity index (χ1v) is 19.3. The summed E-state index contributed by atoms with van der Waals surface area (Å²) in [6, 6.07) is 81.7. The topological polar surface area (TPSA) is 19.6 Å². The molecule has 0 saturated carbocycles. The molecule has 270 valence electrons. The lowest BCUT2D eigenvalue weighted by atomic mass is 10.0. The quantitative estimate of drug-likeness (QED) is 0.147. The average Bonchev–Trinajstić information content (AvgIpc) is 3.68. The van der Waals surface area contributed by atoms with Crippen LogP contribution in [0.5, 0.6) is 0 Å². The van der Waals surface area contributed by atoms with E-state index in [0.717, 1.165) is 78.3 Å². The minimum absolute atomic E-state index is 0.903. The second-order valence-electron chi connectivity index (χ2n) is 14.2. The Bertz CT molecular complexity index is 2900. The molecule has 0 aliphatic carbocycles. The molecular formula is C54H38N2O. The molecule has 10 rings (SSSR count). The first kappa shape index (κ1) is 33.9. The van der Waals surface area contributed by atoms with Crippen molar-refractivity contribution in [1.82, 2.24) is 0 Å². The second kappa shape index (κ2) is 14.9. The first-order chi connectivity index (χ1) is 28.3. The van der Waals surface area contributed by atoms with E-state index in [2.05, 4.69) is 228 Å². The molecule has 9 aromatic carbocycles. The normalized spacial score (nSPS) is 11.2. The molecule has 3 nitrogen and oxygen atoms in total. The van der Waals surface area contributed by atoms with Crippen LogP contribution in [-0.4, -0.2) is 0 Å². The summed E-state index contributed by atoms with van der Waals surface area (Å²) in [6.07, 6.45) is 0. The molecule has 0 atom stereocenters. The molecule has 0 aliphatic rings. The van der Waals surface area contributed by atoms with Crippen LogP contribution in [0.2, 0.25) is 0 Å². The summed E-state index contributed by atoms with van der Waals surface area (Å²) >= 11 is 0. The number of hydrogen-bond acceptors (Lipinski definition) is 3. The largest absolute Gasteiger partial charge is 0.455 e. The molecule has 0 radical (unpaired) electrons. The predicted octanol–water partition coefficient (Wildman–Crippen LogP) is 15.5. The summed E-state index contributed by atoms with van der Waals surface area (Å²) in [5.41, 5.74) is 15.2. The van der Waals surface area contributed by atoms with Gasteiger partial charge in [0.2, 0.25) is 0 Å². The average molecular weight is 731 g/mol. The van der Waals surface area contributed by atoms with Crippen LogP contribution in [0.25, 0.3) is 55.3 Å². The maximum absolute atomic E-state index is 6.42. The Morgan fingerprint density at radius 3 is 1.25 bits per heavy atom. The van der Waals surface area contributed by atoms with Crippen molar-refractivity contribution in [3.63, 3.8) is 0 Å². The third-order valence-corrected chi connectivity index (χ3v) is 10.6. The monoisotopic (exact) mass is 730 g/mol. The Kier molecular flexibility index (Phi) is 8.86. The molecule has 0 spiro atoms. The standard InChI is InChI=1S/C54H38N2O/c1-4-15-39(16-5-1)40-29-33-46(34-30-40)56(47-35-31-41(32-36-47)50-26-14-27-52-51-25-10-11-28-53(51)57-54(50)52)49-24-13-18-43(38-49)42-17-12-23-48(37-42)55(44-19-6-2-7-20-44)45-21-8-3-9-22-45/h1-38H. The van der Waals surface area contributed by atoms with Gasteiger partial charge in [-0.25, -0.2) is 0 Å². The van der Waals surface area contributed by atoms with Gasteiger partial charge in [-0.15, -0.1) is 0 Å². The van der Waals surface area contributed by atoms with E-state index in [9.17, 15) is 0 Å². The lowest BCUT2D eigenvalue weighted by molar-refractivity contribution is 0.670. The highest BCUT2D eigenvalue weighted by molar-refractivity contribution is 6.09. The fraction of sp³-hybridized carbons (Fsp3) is 0. The smallest absolute Gasteiger partial charge is 0.143 e. The van der Waals surface area contributed by atoms with Crippen LogP contribution >= 0.6 is 0 Å². The van der Waals surface area contributed by atoms with E-state index in [0.29, 0.717) is 0 Å². The highest BCUT2D eigenvalue weighted by atomic mass is 16.3. The molecule has 1 heterocycles. The van der Waals surface area contributed by atoms with Crippen molar-refractivity contribution in [2.24, 2.45) is 0 Å². The lowest BCUT2D eigenvalue weighted by Gasteiger charge is -2.27. The van der Waals surface area contributed by atoms with E-state index in [-0.39, 0.29) is 0 Å². The van der Waals surface area contributed by atoms with Crippen molar-refractivity contribution < 1.29 is 4.42 Å².